The van der Waals surface area contributed by atoms with Gasteiger partial charge >= 0.3 is 5.97 Å². The molecule has 7 heteroatoms. The number of piperazine rings is 1. The number of carbonyl (C=O) groups is 2. The summed E-state index contributed by atoms with van der Waals surface area (Å²) in [5.74, 6) is 0.0658. The van der Waals surface area contributed by atoms with Gasteiger partial charge in [0.15, 0.2) is 0 Å². The molecule has 0 unspecified atom stereocenters. The van der Waals surface area contributed by atoms with Crippen LogP contribution in [0, 0.1) is 0 Å². The van der Waals surface area contributed by atoms with Gasteiger partial charge in [-0.15, -0.1) is 0 Å². The van der Waals surface area contributed by atoms with E-state index in [1.165, 1.54) is 0 Å². The molecular formula is C17H26N4O3. The van der Waals surface area contributed by atoms with Gasteiger partial charge in [-0.2, -0.15) is 0 Å². The van der Waals surface area contributed by atoms with E-state index in [1.807, 2.05) is 32.0 Å². The van der Waals surface area contributed by atoms with Crippen molar-refractivity contribution in [1.82, 2.24) is 15.2 Å². The molecule has 1 amide bonds. The van der Waals surface area contributed by atoms with Crippen LogP contribution in [-0.2, 0) is 9.59 Å². The Morgan fingerprint density at radius 2 is 1.96 bits per heavy atom. The van der Waals surface area contributed by atoms with E-state index >= 15 is 0 Å². The van der Waals surface area contributed by atoms with Gasteiger partial charge in [0.05, 0.1) is 6.54 Å². The van der Waals surface area contributed by atoms with E-state index in [0.717, 1.165) is 32.0 Å². The zero-order valence-electron chi connectivity index (χ0n) is 14.4. The van der Waals surface area contributed by atoms with E-state index in [4.69, 9.17) is 5.11 Å². The van der Waals surface area contributed by atoms with Crippen LogP contribution in [0.4, 0.5) is 5.82 Å². The number of carboxylic acid groups (broad SMARTS) is 1. The average Bonchev–Trinajstić information content (AvgIpc) is 2.54. The van der Waals surface area contributed by atoms with E-state index < -0.39 is 11.5 Å². The fraction of sp³-hybridized carbons (Fsp3) is 0.588. The van der Waals surface area contributed by atoms with Crippen molar-refractivity contribution in [1.29, 1.82) is 0 Å². The number of aromatic nitrogens is 1. The number of hydrogen-bond donors (Lipinski definition) is 2. The van der Waals surface area contributed by atoms with Crippen LogP contribution in [0.2, 0.25) is 0 Å². The second-order valence-corrected chi connectivity index (χ2v) is 6.78. The van der Waals surface area contributed by atoms with Gasteiger partial charge in [-0.05, 0) is 32.4 Å². The summed E-state index contributed by atoms with van der Waals surface area (Å²) in [6.45, 7) is 7.34. The molecule has 132 valence electrons. The summed E-state index contributed by atoms with van der Waals surface area (Å²) in [6, 6.07) is 5.87. The Balaban J connectivity index is 1.75. The number of amides is 1. The van der Waals surface area contributed by atoms with Crippen molar-refractivity contribution in [2.45, 2.75) is 32.2 Å². The summed E-state index contributed by atoms with van der Waals surface area (Å²) in [6.07, 6.45) is 2.26. The second-order valence-electron chi connectivity index (χ2n) is 6.78. The lowest BCUT2D eigenvalue weighted by Crippen LogP contribution is -2.52. The maximum Gasteiger partial charge on any atom is 0.303 e. The topological polar surface area (TPSA) is 85.8 Å². The quantitative estimate of drug-likeness (QED) is 0.773. The lowest BCUT2D eigenvalue weighted by Gasteiger charge is -2.35. The summed E-state index contributed by atoms with van der Waals surface area (Å²) < 4.78 is 0. The van der Waals surface area contributed by atoms with Gasteiger partial charge in [0.25, 0.3) is 0 Å². The van der Waals surface area contributed by atoms with Crippen LogP contribution in [0.25, 0.3) is 0 Å². The minimum Gasteiger partial charge on any atom is -0.481 e. The number of nitrogens with zero attached hydrogens (tertiary/aromatic N) is 3. The molecule has 2 N–H and O–H groups in total. The predicted octanol–water partition coefficient (Wildman–Crippen LogP) is 0.963. The number of carboxylic acids is 1. The molecule has 1 aromatic rings. The van der Waals surface area contributed by atoms with Crippen molar-refractivity contribution >= 4 is 17.7 Å². The highest BCUT2D eigenvalue weighted by Crippen LogP contribution is 2.13. The van der Waals surface area contributed by atoms with Gasteiger partial charge < -0.3 is 15.3 Å². The molecule has 2 rings (SSSR count). The van der Waals surface area contributed by atoms with E-state index in [2.05, 4.69) is 20.1 Å². The molecule has 1 aromatic heterocycles. The summed E-state index contributed by atoms with van der Waals surface area (Å²) in [5.41, 5.74) is -0.509. The third-order valence-electron chi connectivity index (χ3n) is 4.15. The van der Waals surface area contributed by atoms with Crippen molar-refractivity contribution in [2.24, 2.45) is 0 Å². The Morgan fingerprint density at radius 1 is 1.25 bits per heavy atom. The minimum atomic E-state index is -0.844. The Bertz CT molecular complexity index is 554. The molecule has 1 fully saturated rings. The number of hydrogen-bond acceptors (Lipinski definition) is 5. The lowest BCUT2D eigenvalue weighted by molar-refractivity contribution is -0.137. The van der Waals surface area contributed by atoms with Crippen LogP contribution in [0.1, 0.15) is 26.7 Å². The van der Waals surface area contributed by atoms with Gasteiger partial charge in [0, 0.05) is 44.3 Å². The predicted molar refractivity (Wildman–Crippen MR) is 92.0 cm³/mol. The summed E-state index contributed by atoms with van der Waals surface area (Å²) in [5, 5.41) is 11.7. The fourth-order valence-electron chi connectivity index (χ4n) is 2.78. The second kappa shape index (κ2) is 8.10. The van der Waals surface area contributed by atoms with Crippen molar-refractivity contribution in [3.8, 4) is 0 Å². The molecule has 0 bridgehead atoms. The lowest BCUT2D eigenvalue weighted by atomic mass is 9.98. The largest absolute Gasteiger partial charge is 0.481 e. The standard InChI is InChI=1S/C17H26N4O3/c1-17(2,7-6-16(23)24)19-15(22)13-20-9-11-21(12-10-20)14-5-3-4-8-18-14/h3-5,8H,6-7,9-13H2,1-2H3,(H,19,22)(H,23,24). The first-order valence-corrected chi connectivity index (χ1v) is 8.27. The van der Waals surface area contributed by atoms with Gasteiger partial charge in [0.1, 0.15) is 5.82 Å². The van der Waals surface area contributed by atoms with E-state index in [0.29, 0.717) is 13.0 Å². The van der Waals surface area contributed by atoms with E-state index in [-0.39, 0.29) is 12.3 Å². The number of anilines is 1. The normalized spacial score (nSPS) is 16.0. The molecule has 0 saturated carbocycles. The fourth-order valence-corrected chi connectivity index (χ4v) is 2.78. The number of pyridine rings is 1. The van der Waals surface area contributed by atoms with Crippen molar-refractivity contribution in [3.63, 3.8) is 0 Å². The number of aliphatic carboxylic acids is 1. The van der Waals surface area contributed by atoms with E-state index in [9.17, 15) is 9.59 Å². The van der Waals surface area contributed by atoms with Crippen molar-refractivity contribution < 1.29 is 14.7 Å². The molecule has 2 heterocycles. The summed E-state index contributed by atoms with van der Waals surface area (Å²) >= 11 is 0. The van der Waals surface area contributed by atoms with Crippen molar-refractivity contribution in [3.05, 3.63) is 24.4 Å². The Hall–Kier alpha value is -2.15. The summed E-state index contributed by atoms with van der Waals surface area (Å²) in [7, 11) is 0. The Morgan fingerprint density at radius 3 is 2.54 bits per heavy atom. The van der Waals surface area contributed by atoms with Gasteiger partial charge in [-0.25, -0.2) is 4.98 Å². The zero-order valence-corrected chi connectivity index (χ0v) is 14.4. The zero-order chi connectivity index (χ0) is 17.6. The molecule has 24 heavy (non-hydrogen) atoms. The summed E-state index contributed by atoms with van der Waals surface area (Å²) in [4.78, 5) is 31.5. The van der Waals surface area contributed by atoms with Crippen LogP contribution in [0.15, 0.2) is 24.4 Å². The number of rotatable bonds is 7. The smallest absolute Gasteiger partial charge is 0.303 e. The molecule has 0 radical (unpaired) electrons. The molecule has 1 aliphatic heterocycles. The monoisotopic (exact) mass is 334 g/mol. The van der Waals surface area contributed by atoms with Crippen LogP contribution < -0.4 is 10.2 Å². The molecule has 0 aromatic carbocycles. The van der Waals surface area contributed by atoms with Crippen LogP contribution >= 0.6 is 0 Å². The third-order valence-corrected chi connectivity index (χ3v) is 4.15. The Kier molecular flexibility index (Phi) is 6.14. The van der Waals surface area contributed by atoms with Gasteiger partial charge in [-0.3, -0.25) is 14.5 Å². The Labute approximate surface area is 142 Å². The first kappa shape index (κ1) is 18.2. The van der Waals surface area contributed by atoms with Crippen LogP contribution in [0.5, 0.6) is 0 Å². The highest BCUT2D eigenvalue weighted by atomic mass is 16.4. The number of carbonyl (C=O) groups excluding carboxylic acids is 1. The molecule has 1 aliphatic rings. The molecule has 7 nitrogen and oxygen atoms in total. The average molecular weight is 334 g/mol. The maximum atomic E-state index is 12.2. The molecule has 0 aliphatic carbocycles. The van der Waals surface area contributed by atoms with Gasteiger partial charge in [-0.1, -0.05) is 6.07 Å². The molecular weight excluding hydrogens is 308 g/mol. The molecule has 1 saturated heterocycles. The van der Waals surface area contributed by atoms with Crippen molar-refractivity contribution in [2.75, 3.05) is 37.6 Å². The maximum absolute atomic E-state index is 12.2. The highest BCUT2D eigenvalue weighted by molar-refractivity contribution is 5.79. The first-order chi connectivity index (χ1) is 11.4. The SMILES string of the molecule is CC(C)(CCC(=O)O)NC(=O)CN1CCN(c2ccccn2)CC1. The van der Waals surface area contributed by atoms with E-state index in [1.54, 1.807) is 6.20 Å². The third kappa shape index (κ3) is 5.81. The highest BCUT2D eigenvalue weighted by Gasteiger charge is 2.24. The first-order valence-electron chi connectivity index (χ1n) is 8.27. The minimum absolute atomic E-state index is 0.0516. The van der Waals surface area contributed by atoms with Gasteiger partial charge in [0.2, 0.25) is 5.91 Å². The van der Waals surface area contributed by atoms with Crippen LogP contribution in [0.3, 0.4) is 0 Å². The van der Waals surface area contributed by atoms with Crippen LogP contribution in [-0.4, -0.2) is 65.1 Å². The molecule has 0 atom stereocenters. The molecule has 0 spiro atoms. The number of nitrogens with one attached hydrogen (secondary N) is 1.